The highest BCUT2D eigenvalue weighted by Gasteiger charge is 2.28. The van der Waals surface area contributed by atoms with Crippen molar-refractivity contribution in [3.63, 3.8) is 0 Å². The minimum absolute atomic E-state index is 0.0243. The molecule has 5 nitrogen and oxygen atoms in total. The van der Waals surface area contributed by atoms with E-state index in [1.54, 1.807) is 0 Å². The maximum atomic E-state index is 11.4. The Kier molecular flexibility index (Phi) is 4.24. The lowest BCUT2D eigenvalue weighted by molar-refractivity contribution is -0.122. The predicted octanol–water partition coefficient (Wildman–Crippen LogP) is 1.25. The molecule has 0 saturated heterocycles. The lowest BCUT2D eigenvalue weighted by atomic mass is 10.1. The van der Waals surface area contributed by atoms with Crippen LogP contribution in [0.25, 0.3) is 0 Å². The minimum Gasteiger partial charge on any atom is -0.355 e. The second-order valence-corrected chi connectivity index (χ2v) is 6.21. The Morgan fingerprint density at radius 3 is 2.74 bits per heavy atom. The number of nitrogens with one attached hydrogen (secondary N) is 2. The molecule has 106 valence electrons. The van der Waals surface area contributed by atoms with Crippen molar-refractivity contribution in [2.45, 2.75) is 45.7 Å². The summed E-state index contributed by atoms with van der Waals surface area (Å²) >= 11 is 0. The average Bonchev–Trinajstić information content (AvgIpc) is 3.06. The zero-order valence-electron chi connectivity index (χ0n) is 12.1. The first-order chi connectivity index (χ1) is 8.97. The highest BCUT2D eigenvalue weighted by Crippen LogP contribution is 2.28. The van der Waals surface area contributed by atoms with Crippen LogP contribution in [0.2, 0.25) is 0 Å². The molecule has 1 aromatic rings. The van der Waals surface area contributed by atoms with Gasteiger partial charge in [-0.15, -0.1) is 0 Å². The molecule has 5 heteroatoms. The monoisotopic (exact) mass is 264 g/mol. The van der Waals surface area contributed by atoms with Crippen molar-refractivity contribution in [2.75, 3.05) is 13.1 Å². The van der Waals surface area contributed by atoms with E-state index in [1.165, 1.54) is 5.56 Å². The van der Waals surface area contributed by atoms with Crippen LogP contribution in [0, 0.1) is 5.92 Å². The highest BCUT2D eigenvalue weighted by atomic mass is 16.2. The van der Waals surface area contributed by atoms with E-state index in [0.717, 1.165) is 25.9 Å². The number of hydrogen-bond acceptors (Lipinski definition) is 3. The van der Waals surface area contributed by atoms with E-state index in [4.69, 9.17) is 0 Å². The Balaban J connectivity index is 1.62. The normalized spacial score (nSPS) is 15.5. The molecule has 0 radical (unpaired) electrons. The number of carbonyl (C=O) groups excluding carboxylic acids is 1. The average molecular weight is 264 g/mol. The molecule has 2 rings (SSSR count). The number of amides is 1. The zero-order chi connectivity index (χ0) is 13.9. The predicted molar refractivity (Wildman–Crippen MR) is 74.7 cm³/mol. The maximum absolute atomic E-state index is 11.4. The van der Waals surface area contributed by atoms with Gasteiger partial charge in [0.05, 0.1) is 11.7 Å². The highest BCUT2D eigenvalue weighted by molar-refractivity contribution is 5.80. The molecule has 1 aliphatic rings. The van der Waals surface area contributed by atoms with Crippen LogP contribution in [-0.4, -0.2) is 28.8 Å². The van der Waals surface area contributed by atoms with Gasteiger partial charge in [0.25, 0.3) is 0 Å². The molecular weight excluding hydrogens is 240 g/mol. The fourth-order valence-corrected chi connectivity index (χ4v) is 1.81. The molecule has 1 aliphatic carbocycles. The van der Waals surface area contributed by atoms with E-state index >= 15 is 0 Å². The second kappa shape index (κ2) is 5.74. The molecule has 1 saturated carbocycles. The number of rotatable bonds is 6. The summed E-state index contributed by atoms with van der Waals surface area (Å²) < 4.78 is 1.97. The Morgan fingerprint density at radius 2 is 2.16 bits per heavy atom. The molecule has 1 amide bonds. The zero-order valence-corrected chi connectivity index (χ0v) is 12.1. The fraction of sp³-hybridized carbons (Fsp3) is 0.714. The number of carbonyl (C=O) groups is 1. The summed E-state index contributed by atoms with van der Waals surface area (Å²) in [5, 5.41) is 10.6. The molecule has 0 spiro atoms. The fourth-order valence-electron chi connectivity index (χ4n) is 1.81. The third kappa shape index (κ3) is 4.35. The largest absolute Gasteiger partial charge is 0.355 e. The Labute approximate surface area is 114 Å². The molecule has 2 N–H and O–H groups in total. The first-order valence-corrected chi connectivity index (χ1v) is 6.99. The van der Waals surface area contributed by atoms with Crippen LogP contribution in [0.1, 0.15) is 39.2 Å². The summed E-state index contributed by atoms with van der Waals surface area (Å²) in [5.74, 6) is 0.507. The molecule has 1 fully saturated rings. The number of aromatic nitrogens is 2. The van der Waals surface area contributed by atoms with E-state index in [1.807, 2.05) is 10.9 Å². The quantitative estimate of drug-likeness (QED) is 0.760. The van der Waals surface area contributed by atoms with Gasteiger partial charge in [0.1, 0.15) is 0 Å². The maximum Gasteiger partial charge on any atom is 0.223 e. The first-order valence-electron chi connectivity index (χ1n) is 6.99. The standard InChI is InChI=1S/C14H24N4O/c1-14(2,3)18-10-11(9-17-18)8-15-6-7-16-13(19)12-4-5-12/h9-10,12,15H,4-8H2,1-3H3,(H,16,19). The lowest BCUT2D eigenvalue weighted by Gasteiger charge is -2.18. The van der Waals surface area contributed by atoms with Crippen LogP contribution in [-0.2, 0) is 16.9 Å². The number of hydrogen-bond donors (Lipinski definition) is 2. The van der Waals surface area contributed by atoms with Crippen molar-refractivity contribution >= 4 is 5.91 Å². The van der Waals surface area contributed by atoms with Crippen LogP contribution >= 0.6 is 0 Å². The molecule has 0 aromatic carbocycles. The third-order valence-electron chi connectivity index (χ3n) is 3.20. The number of nitrogens with zero attached hydrogens (tertiary/aromatic N) is 2. The Morgan fingerprint density at radius 1 is 1.42 bits per heavy atom. The molecule has 0 unspecified atom stereocenters. The van der Waals surface area contributed by atoms with Crippen molar-refractivity contribution < 1.29 is 4.79 Å². The molecule has 1 heterocycles. The summed E-state index contributed by atoms with van der Waals surface area (Å²) in [5.41, 5.74) is 1.19. The third-order valence-corrected chi connectivity index (χ3v) is 3.20. The van der Waals surface area contributed by atoms with Crippen molar-refractivity contribution in [3.8, 4) is 0 Å². The van der Waals surface area contributed by atoms with Crippen LogP contribution in [0.3, 0.4) is 0 Å². The summed E-state index contributed by atoms with van der Waals surface area (Å²) in [4.78, 5) is 11.4. The van der Waals surface area contributed by atoms with Gasteiger partial charge in [0, 0.05) is 37.3 Å². The van der Waals surface area contributed by atoms with Crippen LogP contribution in [0.15, 0.2) is 12.4 Å². The van der Waals surface area contributed by atoms with E-state index in [0.29, 0.717) is 12.5 Å². The van der Waals surface area contributed by atoms with Crippen molar-refractivity contribution in [1.29, 1.82) is 0 Å². The molecule has 1 aromatic heterocycles. The Bertz CT molecular complexity index is 429. The Hall–Kier alpha value is -1.36. The van der Waals surface area contributed by atoms with Crippen molar-refractivity contribution in [2.24, 2.45) is 5.92 Å². The second-order valence-electron chi connectivity index (χ2n) is 6.21. The first kappa shape index (κ1) is 14.1. The van der Waals surface area contributed by atoms with Gasteiger partial charge in [-0.2, -0.15) is 5.10 Å². The van der Waals surface area contributed by atoms with Gasteiger partial charge in [-0.25, -0.2) is 0 Å². The molecule has 0 bridgehead atoms. The minimum atomic E-state index is 0.0243. The van der Waals surface area contributed by atoms with Crippen molar-refractivity contribution in [1.82, 2.24) is 20.4 Å². The molecule has 0 atom stereocenters. The molecular formula is C14H24N4O. The van der Waals surface area contributed by atoms with Gasteiger partial charge in [-0.3, -0.25) is 9.48 Å². The summed E-state index contributed by atoms with van der Waals surface area (Å²) in [6, 6.07) is 0. The van der Waals surface area contributed by atoms with E-state index < -0.39 is 0 Å². The van der Waals surface area contributed by atoms with Crippen LogP contribution in [0.5, 0.6) is 0 Å². The smallest absolute Gasteiger partial charge is 0.223 e. The van der Waals surface area contributed by atoms with Gasteiger partial charge in [-0.05, 0) is 33.6 Å². The van der Waals surface area contributed by atoms with Crippen LogP contribution in [0.4, 0.5) is 0 Å². The van der Waals surface area contributed by atoms with E-state index in [9.17, 15) is 4.79 Å². The summed E-state index contributed by atoms with van der Waals surface area (Å²) in [6.45, 7) is 8.66. The molecule has 19 heavy (non-hydrogen) atoms. The van der Waals surface area contributed by atoms with Crippen LogP contribution < -0.4 is 10.6 Å². The SMILES string of the molecule is CC(C)(C)n1cc(CNCCNC(=O)C2CC2)cn1. The van der Waals surface area contributed by atoms with Gasteiger partial charge in [-0.1, -0.05) is 0 Å². The topological polar surface area (TPSA) is 59.0 Å². The van der Waals surface area contributed by atoms with Gasteiger partial charge in [0.15, 0.2) is 0 Å². The summed E-state index contributed by atoms with van der Waals surface area (Å²) in [6.07, 6.45) is 6.08. The molecule has 0 aliphatic heterocycles. The lowest BCUT2D eigenvalue weighted by Crippen LogP contribution is -2.32. The summed E-state index contributed by atoms with van der Waals surface area (Å²) in [7, 11) is 0. The van der Waals surface area contributed by atoms with E-state index in [-0.39, 0.29) is 11.4 Å². The van der Waals surface area contributed by atoms with Gasteiger partial charge in [0.2, 0.25) is 5.91 Å². The van der Waals surface area contributed by atoms with Gasteiger partial charge < -0.3 is 10.6 Å². The van der Waals surface area contributed by atoms with E-state index in [2.05, 4.69) is 42.7 Å². The van der Waals surface area contributed by atoms with Crippen molar-refractivity contribution in [3.05, 3.63) is 18.0 Å². The van der Waals surface area contributed by atoms with Gasteiger partial charge >= 0.3 is 0 Å².